The van der Waals surface area contributed by atoms with Crippen LogP contribution in [0.1, 0.15) is 37.4 Å². The maximum absolute atomic E-state index is 8.89. The first-order valence-electron chi connectivity index (χ1n) is 6.29. The van der Waals surface area contributed by atoms with Crippen molar-refractivity contribution in [1.29, 1.82) is 5.26 Å². The number of benzene rings is 1. The molecule has 4 heteroatoms. The first-order valence-corrected chi connectivity index (χ1v) is 6.29. The van der Waals surface area contributed by atoms with Crippen molar-refractivity contribution in [2.45, 2.75) is 26.2 Å². The van der Waals surface area contributed by atoms with Gasteiger partial charge in [0.05, 0.1) is 0 Å². The molecule has 1 atom stereocenters. The van der Waals surface area contributed by atoms with Crippen molar-refractivity contribution >= 4 is 5.82 Å². The zero-order valence-corrected chi connectivity index (χ0v) is 11.1. The molecule has 96 valence electrons. The second-order valence-electron chi connectivity index (χ2n) is 4.54. The van der Waals surface area contributed by atoms with E-state index in [1.165, 1.54) is 11.6 Å². The molecule has 1 aromatic heterocycles. The summed E-state index contributed by atoms with van der Waals surface area (Å²) >= 11 is 0. The average Bonchev–Trinajstić information content (AvgIpc) is 2.46. The third-order valence-corrected chi connectivity index (χ3v) is 3.21. The van der Waals surface area contributed by atoms with Crippen LogP contribution >= 0.6 is 0 Å². The summed E-state index contributed by atoms with van der Waals surface area (Å²) in [5, 5.41) is 8.89. The number of nitriles is 1. The SMILES string of the molecule is CCC(C)c1ccc(-c2nc(N)cc(C#N)n2)cc1. The number of nitrogens with zero attached hydrogens (tertiary/aromatic N) is 3. The quantitative estimate of drug-likeness (QED) is 0.910. The van der Waals surface area contributed by atoms with E-state index >= 15 is 0 Å². The van der Waals surface area contributed by atoms with Gasteiger partial charge in [-0.05, 0) is 17.9 Å². The lowest BCUT2D eigenvalue weighted by molar-refractivity contribution is 0.734. The van der Waals surface area contributed by atoms with Gasteiger partial charge in [-0.1, -0.05) is 38.1 Å². The molecular formula is C15H16N4. The van der Waals surface area contributed by atoms with Crippen LogP contribution in [0.25, 0.3) is 11.4 Å². The van der Waals surface area contributed by atoms with Crippen LogP contribution in [0.5, 0.6) is 0 Å². The Morgan fingerprint density at radius 3 is 2.53 bits per heavy atom. The molecule has 1 heterocycles. The van der Waals surface area contributed by atoms with Gasteiger partial charge in [0.2, 0.25) is 0 Å². The molecule has 0 fully saturated rings. The van der Waals surface area contributed by atoms with E-state index in [0.717, 1.165) is 12.0 Å². The molecule has 19 heavy (non-hydrogen) atoms. The minimum Gasteiger partial charge on any atom is -0.384 e. The standard InChI is InChI=1S/C15H16N4/c1-3-10(2)11-4-6-12(7-5-11)15-18-13(9-16)8-14(17)19-15/h4-8,10H,3H2,1-2H3,(H2,17,18,19). The van der Waals surface area contributed by atoms with E-state index in [0.29, 0.717) is 17.6 Å². The Morgan fingerprint density at radius 2 is 1.95 bits per heavy atom. The molecule has 4 nitrogen and oxygen atoms in total. The smallest absolute Gasteiger partial charge is 0.162 e. The first kappa shape index (κ1) is 13.0. The van der Waals surface area contributed by atoms with Crippen molar-refractivity contribution in [3.8, 4) is 17.5 Å². The minimum absolute atomic E-state index is 0.286. The van der Waals surface area contributed by atoms with Crippen LogP contribution in [-0.4, -0.2) is 9.97 Å². The van der Waals surface area contributed by atoms with Crippen molar-refractivity contribution in [1.82, 2.24) is 9.97 Å². The lowest BCUT2D eigenvalue weighted by Crippen LogP contribution is -1.98. The Morgan fingerprint density at radius 1 is 1.26 bits per heavy atom. The lowest BCUT2D eigenvalue weighted by Gasteiger charge is -2.09. The van der Waals surface area contributed by atoms with Crippen LogP contribution in [0.3, 0.4) is 0 Å². The molecule has 2 rings (SSSR count). The molecule has 1 aromatic carbocycles. The van der Waals surface area contributed by atoms with E-state index in [-0.39, 0.29) is 5.69 Å². The molecule has 0 bridgehead atoms. The van der Waals surface area contributed by atoms with Gasteiger partial charge in [-0.3, -0.25) is 0 Å². The van der Waals surface area contributed by atoms with E-state index in [2.05, 4.69) is 35.9 Å². The molecule has 0 aliphatic carbocycles. The van der Waals surface area contributed by atoms with Crippen molar-refractivity contribution < 1.29 is 0 Å². The summed E-state index contributed by atoms with van der Waals surface area (Å²) in [5.41, 5.74) is 8.11. The topological polar surface area (TPSA) is 75.6 Å². The number of nitrogens with two attached hydrogens (primary N) is 1. The molecule has 0 amide bonds. The van der Waals surface area contributed by atoms with Crippen LogP contribution in [0, 0.1) is 11.3 Å². The molecule has 0 spiro atoms. The van der Waals surface area contributed by atoms with Gasteiger partial charge >= 0.3 is 0 Å². The summed E-state index contributed by atoms with van der Waals surface area (Å²) in [4.78, 5) is 8.33. The second kappa shape index (κ2) is 5.49. The van der Waals surface area contributed by atoms with E-state index in [1.54, 1.807) is 0 Å². The van der Waals surface area contributed by atoms with Crippen molar-refractivity contribution in [2.75, 3.05) is 5.73 Å². The Balaban J connectivity index is 2.37. The Hall–Kier alpha value is -2.41. The van der Waals surface area contributed by atoms with Gasteiger partial charge in [0.15, 0.2) is 5.82 Å². The summed E-state index contributed by atoms with van der Waals surface area (Å²) in [6.45, 7) is 4.36. The summed E-state index contributed by atoms with van der Waals surface area (Å²) in [6, 6.07) is 11.5. The summed E-state index contributed by atoms with van der Waals surface area (Å²) < 4.78 is 0. The molecule has 2 aromatic rings. The molecule has 2 N–H and O–H groups in total. The lowest BCUT2D eigenvalue weighted by atomic mass is 9.97. The average molecular weight is 252 g/mol. The van der Waals surface area contributed by atoms with E-state index in [4.69, 9.17) is 11.0 Å². The number of nitrogen functional groups attached to an aromatic ring is 1. The van der Waals surface area contributed by atoms with Crippen LogP contribution in [0.2, 0.25) is 0 Å². The van der Waals surface area contributed by atoms with Gasteiger partial charge in [-0.25, -0.2) is 9.97 Å². The molecule has 0 saturated heterocycles. The highest BCUT2D eigenvalue weighted by atomic mass is 14.9. The maximum Gasteiger partial charge on any atom is 0.162 e. The third kappa shape index (κ3) is 2.89. The Bertz CT molecular complexity index is 611. The molecule has 0 radical (unpaired) electrons. The van der Waals surface area contributed by atoms with Gasteiger partial charge < -0.3 is 5.73 Å². The number of aromatic nitrogens is 2. The summed E-state index contributed by atoms with van der Waals surface area (Å²) in [6.07, 6.45) is 1.10. The predicted molar refractivity (Wildman–Crippen MR) is 75.3 cm³/mol. The van der Waals surface area contributed by atoms with Crippen molar-refractivity contribution in [2.24, 2.45) is 0 Å². The van der Waals surface area contributed by atoms with Crippen molar-refractivity contribution in [3.63, 3.8) is 0 Å². The minimum atomic E-state index is 0.286. The fraction of sp³-hybridized carbons (Fsp3) is 0.267. The monoisotopic (exact) mass is 252 g/mol. The second-order valence-corrected chi connectivity index (χ2v) is 4.54. The zero-order chi connectivity index (χ0) is 13.8. The van der Waals surface area contributed by atoms with Crippen molar-refractivity contribution in [3.05, 3.63) is 41.6 Å². The van der Waals surface area contributed by atoms with Gasteiger partial charge in [0.25, 0.3) is 0 Å². The largest absolute Gasteiger partial charge is 0.384 e. The van der Waals surface area contributed by atoms with Gasteiger partial charge in [-0.2, -0.15) is 5.26 Å². The summed E-state index contributed by atoms with van der Waals surface area (Å²) in [5.74, 6) is 1.34. The number of hydrogen-bond acceptors (Lipinski definition) is 4. The Kier molecular flexibility index (Phi) is 3.76. The highest BCUT2D eigenvalue weighted by molar-refractivity contribution is 5.58. The van der Waals surface area contributed by atoms with E-state index in [9.17, 15) is 0 Å². The first-order chi connectivity index (χ1) is 9.13. The maximum atomic E-state index is 8.89. The molecular weight excluding hydrogens is 236 g/mol. The predicted octanol–water partition coefficient (Wildman–Crippen LogP) is 3.11. The van der Waals surface area contributed by atoms with E-state index < -0.39 is 0 Å². The normalized spacial score (nSPS) is 11.8. The molecule has 0 aliphatic rings. The fourth-order valence-electron chi connectivity index (χ4n) is 1.85. The zero-order valence-electron chi connectivity index (χ0n) is 11.1. The van der Waals surface area contributed by atoms with Crippen LogP contribution < -0.4 is 5.73 Å². The molecule has 1 unspecified atom stereocenters. The van der Waals surface area contributed by atoms with Gasteiger partial charge in [0, 0.05) is 11.6 Å². The fourth-order valence-corrected chi connectivity index (χ4v) is 1.85. The summed E-state index contributed by atoms with van der Waals surface area (Å²) in [7, 11) is 0. The van der Waals surface area contributed by atoms with Crippen LogP contribution in [0.4, 0.5) is 5.82 Å². The van der Waals surface area contributed by atoms with Crippen LogP contribution in [-0.2, 0) is 0 Å². The highest BCUT2D eigenvalue weighted by Gasteiger charge is 2.07. The number of anilines is 1. The van der Waals surface area contributed by atoms with Gasteiger partial charge in [-0.15, -0.1) is 0 Å². The Labute approximate surface area is 112 Å². The van der Waals surface area contributed by atoms with E-state index in [1.807, 2.05) is 18.2 Å². The molecule has 0 saturated carbocycles. The van der Waals surface area contributed by atoms with Gasteiger partial charge in [0.1, 0.15) is 17.6 Å². The third-order valence-electron chi connectivity index (χ3n) is 3.21. The molecule has 0 aliphatic heterocycles. The highest BCUT2D eigenvalue weighted by Crippen LogP contribution is 2.22. The number of rotatable bonds is 3. The van der Waals surface area contributed by atoms with Crippen LogP contribution in [0.15, 0.2) is 30.3 Å². The number of hydrogen-bond donors (Lipinski definition) is 1.